The summed E-state index contributed by atoms with van der Waals surface area (Å²) in [4.78, 5) is 0. The van der Waals surface area contributed by atoms with Crippen LogP contribution < -0.4 is 0 Å². The Morgan fingerprint density at radius 2 is 2.10 bits per heavy atom. The van der Waals surface area contributed by atoms with Crippen molar-refractivity contribution in [3.8, 4) is 0 Å². The van der Waals surface area contributed by atoms with Gasteiger partial charge < -0.3 is 24.8 Å². The van der Waals surface area contributed by atoms with E-state index in [1.807, 2.05) is 6.08 Å². The molecule has 118 valence electrons. The fourth-order valence-electron chi connectivity index (χ4n) is 2.26. The van der Waals surface area contributed by atoms with Crippen LogP contribution in [-0.4, -0.2) is 59.6 Å². The molecule has 0 aromatic rings. The SMILES string of the molecule is CCCCCC/C=C/CO[C@H]1CO[C@@H]([C@H](O)CO)[C@H]1O. The molecule has 0 aromatic carbocycles. The van der Waals surface area contributed by atoms with Crippen LogP contribution >= 0.6 is 0 Å². The van der Waals surface area contributed by atoms with Gasteiger partial charge in [0.2, 0.25) is 0 Å². The van der Waals surface area contributed by atoms with Crippen LogP contribution in [-0.2, 0) is 9.47 Å². The fraction of sp³-hybridized carbons (Fsp3) is 0.867. The van der Waals surface area contributed by atoms with Crippen molar-refractivity contribution in [1.29, 1.82) is 0 Å². The van der Waals surface area contributed by atoms with Gasteiger partial charge in [-0.3, -0.25) is 0 Å². The first-order chi connectivity index (χ1) is 9.70. The van der Waals surface area contributed by atoms with Crippen LogP contribution in [0.2, 0.25) is 0 Å². The lowest BCUT2D eigenvalue weighted by atomic mass is 10.1. The molecule has 0 bridgehead atoms. The summed E-state index contributed by atoms with van der Waals surface area (Å²) in [6, 6.07) is 0. The molecule has 3 N–H and O–H groups in total. The van der Waals surface area contributed by atoms with Gasteiger partial charge in [-0.25, -0.2) is 0 Å². The number of hydrogen-bond donors (Lipinski definition) is 3. The highest BCUT2D eigenvalue weighted by Crippen LogP contribution is 2.20. The van der Waals surface area contributed by atoms with Gasteiger partial charge in [-0.1, -0.05) is 38.3 Å². The molecule has 5 heteroatoms. The second-order valence-corrected chi connectivity index (χ2v) is 5.23. The first kappa shape index (κ1) is 17.6. The highest BCUT2D eigenvalue weighted by atomic mass is 16.6. The van der Waals surface area contributed by atoms with Crippen LogP contribution in [0.1, 0.15) is 39.0 Å². The lowest BCUT2D eigenvalue weighted by Crippen LogP contribution is -2.41. The van der Waals surface area contributed by atoms with Gasteiger partial charge in [-0.05, 0) is 12.8 Å². The maximum Gasteiger partial charge on any atom is 0.114 e. The maximum absolute atomic E-state index is 9.90. The van der Waals surface area contributed by atoms with Gasteiger partial charge in [0, 0.05) is 0 Å². The van der Waals surface area contributed by atoms with Crippen LogP contribution in [0.4, 0.5) is 0 Å². The lowest BCUT2D eigenvalue weighted by Gasteiger charge is -2.20. The van der Waals surface area contributed by atoms with Crippen LogP contribution in [0, 0.1) is 0 Å². The van der Waals surface area contributed by atoms with E-state index >= 15 is 0 Å². The third-order valence-electron chi connectivity index (χ3n) is 3.53. The number of hydrogen-bond acceptors (Lipinski definition) is 5. The largest absolute Gasteiger partial charge is 0.394 e. The van der Waals surface area contributed by atoms with Crippen molar-refractivity contribution >= 4 is 0 Å². The Morgan fingerprint density at radius 1 is 1.30 bits per heavy atom. The number of unbranched alkanes of at least 4 members (excludes halogenated alkanes) is 4. The number of allylic oxidation sites excluding steroid dienone is 1. The summed E-state index contributed by atoms with van der Waals surface area (Å²) < 4.78 is 10.8. The number of rotatable bonds is 10. The Morgan fingerprint density at radius 3 is 2.80 bits per heavy atom. The topological polar surface area (TPSA) is 79.2 Å². The summed E-state index contributed by atoms with van der Waals surface area (Å²) in [7, 11) is 0. The molecule has 20 heavy (non-hydrogen) atoms. The molecule has 1 rings (SSSR count). The molecule has 1 saturated heterocycles. The van der Waals surface area contributed by atoms with Crippen molar-refractivity contribution in [3.05, 3.63) is 12.2 Å². The van der Waals surface area contributed by atoms with Crippen molar-refractivity contribution in [2.24, 2.45) is 0 Å². The zero-order valence-electron chi connectivity index (χ0n) is 12.3. The molecule has 0 saturated carbocycles. The Bertz CT molecular complexity index is 269. The molecule has 1 aliphatic rings. The summed E-state index contributed by atoms with van der Waals surface area (Å²) in [6.07, 6.45) is 6.93. The summed E-state index contributed by atoms with van der Waals surface area (Å²) in [6.45, 7) is 2.44. The molecule has 1 heterocycles. The van der Waals surface area contributed by atoms with E-state index in [9.17, 15) is 10.2 Å². The van der Waals surface area contributed by atoms with Crippen molar-refractivity contribution in [2.75, 3.05) is 19.8 Å². The zero-order chi connectivity index (χ0) is 14.8. The van der Waals surface area contributed by atoms with Crippen LogP contribution in [0.3, 0.4) is 0 Å². The molecule has 0 amide bonds. The average molecular weight is 288 g/mol. The molecule has 5 nitrogen and oxygen atoms in total. The second kappa shape index (κ2) is 10.3. The molecule has 0 spiro atoms. The van der Waals surface area contributed by atoms with Crippen molar-refractivity contribution in [1.82, 2.24) is 0 Å². The lowest BCUT2D eigenvalue weighted by molar-refractivity contribution is -0.0716. The second-order valence-electron chi connectivity index (χ2n) is 5.23. The normalized spacial score (nSPS) is 28.3. The molecule has 4 atom stereocenters. The van der Waals surface area contributed by atoms with E-state index in [1.54, 1.807) is 0 Å². The first-order valence-corrected chi connectivity index (χ1v) is 7.55. The Hall–Kier alpha value is -0.460. The van der Waals surface area contributed by atoms with E-state index in [1.165, 1.54) is 25.7 Å². The summed E-state index contributed by atoms with van der Waals surface area (Å²) in [5.74, 6) is 0. The molecule has 1 aliphatic heterocycles. The number of ether oxygens (including phenoxy) is 2. The van der Waals surface area contributed by atoms with E-state index in [0.717, 1.165) is 6.42 Å². The predicted molar refractivity (Wildman–Crippen MR) is 76.5 cm³/mol. The minimum Gasteiger partial charge on any atom is -0.394 e. The van der Waals surface area contributed by atoms with Crippen molar-refractivity contribution in [3.63, 3.8) is 0 Å². The molecule has 0 aromatic heterocycles. The smallest absolute Gasteiger partial charge is 0.114 e. The minimum atomic E-state index is -1.06. The molecule has 0 aliphatic carbocycles. The van der Waals surface area contributed by atoms with E-state index in [2.05, 4.69) is 13.0 Å². The number of aliphatic hydroxyl groups is 3. The van der Waals surface area contributed by atoms with E-state index in [-0.39, 0.29) is 6.61 Å². The zero-order valence-corrected chi connectivity index (χ0v) is 12.3. The predicted octanol–water partition coefficient (Wildman–Crippen LogP) is 1.01. The quantitative estimate of drug-likeness (QED) is 0.413. The first-order valence-electron chi connectivity index (χ1n) is 7.55. The Kier molecular flexibility index (Phi) is 9.05. The summed E-state index contributed by atoms with van der Waals surface area (Å²) in [5, 5.41) is 28.2. The van der Waals surface area contributed by atoms with E-state index in [4.69, 9.17) is 14.6 Å². The minimum absolute atomic E-state index is 0.243. The molecular formula is C15H28O5. The molecule has 0 unspecified atom stereocenters. The van der Waals surface area contributed by atoms with E-state index < -0.39 is 31.0 Å². The third-order valence-corrected chi connectivity index (χ3v) is 3.53. The third kappa shape index (κ3) is 5.89. The Labute approximate surface area is 121 Å². The average Bonchev–Trinajstić information content (AvgIpc) is 2.82. The standard InChI is InChI=1S/C15H28O5/c1-2-3-4-5-6-7-8-9-19-13-11-20-15(14(13)18)12(17)10-16/h7-8,12-18H,2-6,9-11H2,1H3/b8-7+/t12-,13+,14+,15+/m1/s1. The van der Waals surface area contributed by atoms with Gasteiger partial charge in [0.1, 0.15) is 24.4 Å². The fourth-order valence-corrected chi connectivity index (χ4v) is 2.26. The van der Waals surface area contributed by atoms with Gasteiger partial charge in [0.15, 0.2) is 0 Å². The Balaban J connectivity index is 2.12. The molecule has 0 radical (unpaired) electrons. The van der Waals surface area contributed by atoms with E-state index in [0.29, 0.717) is 6.61 Å². The van der Waals surface area contributed by atoms with Crippen LogP contribution in [0.5, 0.6) is 0 Å². The van der Waals surface area contributed by atoms with Crippen molar-refractivity contribution in [2.45, 2.75) is 63.4 Å². The summed E-state index contributed by atoms with van der Waals surface area (Å²) >= 11 is 0. The van der Waals surface area contributed by atoms with Gasteiger partial charge in [-0.15, -0.1) is 0 Å². The highest BCUT2D eigenvalue weighted by Gasteiger charge is 2.40. The van der Waals surface area contributed by atoms with Gasteiger partial charge in [0.05, 0.1) is 19.8 Å². The highest BCUT2D eigenvalue weighted by molar-refractivity contribution is 4.90. The number of aliphatic hydroxyl groups excluding tert-OH is 3. The molecular weight excluding hydrogens is 260 g/mol. The monoisotopic (exact) mass is 288 g/mol. The van der Waals surface area contributed by atoms with Gasteiger partial charge in [0.25, 0.3) is 0 Å². The van der Waals surface area contributed by atoms with Crippen LogP contribution in [0.15, 0.2) is 12.2 Å². The maximum atomic E-state index is 9.90. The van der Waals surface area contributed by atoms with Gasteiger partial charge in [-0.2, -0.15) is 0 Å². The van der Waals surface area contributed by atoms with Crippen LogP contribution in [0.25, 0.3) is 0 Å². The van der Waals surface area contributed by atoms with Gasteiger partial charge >= 0.3 is 0 Å². The summed E-state index contributed by atoms with van der Waals surface area (Å²) in [5.41, 5.74) is 0. The van der Waals surface area contributed by atoms with Crippen molar-refractivity contribution < 1.29 is 24.8 Å². The molecule has 1 fully saturated rings.